The Hall–Kier alpha value is -1.01. The summed E-state index contributed by atoms with van der Waals surface area (Å²) in [6.45, 7) is 4.28. The molecule has 2 aromatic rings. The first kappa shape index (κ1) is 12.4. The lowest BCUT2D eigenvalue weighted by Crippen LogP contribution is -1.95. The van der Waals surface area contributed by atoms with Crippen molar-refractivity contribution in [3.05, 3.63) is 28.8 Å². The van der Waals surface area contributed by atoms with Crippen LogP contribution in [0.5, 0.6) is 10.9 Å². The van der Waals surface area contributed by atoms with Crippen LogP contribution in [0, 0.1) is 5.92 Å². The minimum atomic E-state index is 0.548. The van der Waals surface area contributed by atoms with Crippen molar-refractivity contribution in [1.29, 1.82) is 0 Å². The average Bonchev–Trinajstić information content (AvgIpc) is 2.68. The van der Waals surface area contributed by atoms with Crippen molar-refractivity contribution < 1.29 is 4.74 Å². The van der Waals surface area contributed by atoms with Crippen LogP contribution >= 0.6 is 27.5 Å². The summed E-state index contributed by atoms with van der Waals surface area (Å²) in [5.41, 5.74) is 0. The summed E-state index contributed by atoms with van der Waals surface area (Å²) in [6.07, 6.45) is 2.52. The number of aromatic nitrogens is 3. The lowest BCUT2D eigenvalue weighted by Gasteiger charge is -2.00. The molecule has 0 fully saturated rings. The van der Waals surface area contributed by atoms with Gasteiger partial charge in [-0.3, -0.25) is 0 Å². The van der Waals surface area contributed by atoms with Crippen molar-refractivity contribution in [2.45, 2.75) is 20.3 Å². The summed E-state index contributed by atoms with van der Waals surface area (Å²) in [5.74, 6) is 2.05. The van der Waals surface area contributed by atoms with E-state index in [4.69, 9.17) is 4.74 Å². The van der Waals surface area contributed by atoms with E-state index < -0.39 is 0 Å². The fraction of sp³-hybridized carbons (Fsp3) is 0.364. The minimum Gasteiger partial charge on any atom is -0.428 e. The number of ether oxygens (including phenoxy) is 1. The van der Waals surface area contributed by atoms with E-state index in [1.165, 1.54) is 11.5 Å². The lowest BCUT2D eigenvalue weighted by atomic mass is 10.1. The Morgan fingerprint density at radius 1 is 1.41 bits per heavy atom. The van der Waals surface area contributed by atoms with Gasteiger partial charge in [0, 0.05) is 18.0 Å². The Bertz CT molecular complexity index is 484. The van der Waals surface area contributed by atoms with Crippen molar-refractivity contribution in [2.24, 2.45) is 5.92 Å². The molecule has 17 heavy (non-hydrogen) atoms. The highest BCUT2D eigenvalue weighted by Gasteiger charge is 2.08. The summed E-state index contributed by atoms with van der Waals surface area (Å²) in [7, 11) is 0. The Labute approximate surface area is 112 Å². The molecule has 90 valence electrons. The topological polar surface area (TPSA) is 47.9 Å². The van der Waals surface area contributed by atoms with Crippen LogP contribution in [0.1, 0.15) is 19.7 Å². The molecule has 0 saturated heterocycles. The van der Waals surface area contributed by atoms with Crippen LogP contribution in [0.3, 0.4) is 0 Å². The molecule has 0 radical (unpaired) electrons. The highest BCUT2D eigenvalue weighted by atomic mass is 79.9. The van der Waals surface area contributed by atoms with Gasteiger partial charge in [-0.2, -0.15) is 9.36 Å². The number of hydrogen-bond donors (Lipinski definition) is 0. The quantitative estimate of drug-likeness (QED) is 0.808. The number of halogens is 1. The first-order valence-corrected chi connectivity index (χ1v) is 6.82. The number of nitrogens with zero attached hydrogens (tertiary/aromatic N) is 3. The molecule has 2 rings (SSSR count). The highest BCUT2D eigenvalue weighted by Crippen LogP contribution is 2.23. The monoisotopic (exact) mass is 313 g/mol. The summed E-state index contributed by atoms with van der Waals surface area (Å²) in [4.78, 5) is 8.39. The SMILES string of the molecule is CC(C)Cc1nsc(Oc2ccc(Br)nc2)n1. The van der Waals surface area contributed by atoms with Crippen LogP contribution < -0.4 is 4.74 Å². The summed E-state index contributed by atoms with van der Waals surface area (Å²) < 4.78 is 10.6. The molecule has 0 saturated carbocycles. The molecular weight excluding hydrogens is 302 g/mol. The molecule has 0 atom stereocenters. The van der Waals surface area contributed by atoms with Gasteiger partial charge in [0.05, 0.1) is 6.20 Å². The number of hydrogen-bond acceptors (Lipinski definition) is 5. The molecule has 4 nitrogen and oxygen atoms in total. The van der Waals surface area contributed by atoms with Crippen molar-refractivity contribution in [3.63, 3.8) is 0 Å². The van der Waals surface area contributed by atoms with Crippen LogP contribution in [0.15, 0.2) is 22.9 Å². The van der Waals surface area contributed by atoms with Gasteiger partial charge in [0.25, 0.3) is 5.19 Å². The Kier molecular flexibility index (Phi) is 4.06. The standard InChI is InChI=1S/C11H12BrN3OS/c1-7(2)5-10-14-11(17-15-10)16-8-3-4-9(12)13-6-8/h3-4,6-7H,5H2,1-2H3. The van der Waals surface area contributed by atoms with Crippen molar-refractivity contribution in [1.82, 2.24) is 14.3 Å². The summed E-state index contributed by atoms with van der Waals surface area (Å²) in [6, 6.07) is 3.66. The molecule has 0 N–H and O–H groups in total. The maximum atomic E-state index is 5.56. The first-order valence-electron chi connectivity index (χ1n) is 5.25. The average molecular weight is 314 g/mol. The van der Waals surface area contributed by atoms with Gasteiger partial charge < -0.3 is 4.74 Å². The second-order valence-electron chi connectivity index (χ2n) is 3.99. The fourth-order valence-electron chi connectivity index (χ4n) is 1.25. The van der Waals surface area contributed by atoms with Gasteiger partial charge >= 0.3 is 0 Å². The number of rotatable bonds is 4. The van der Waals surface area contributed by atoms with Crippen molar-refractivity contribution in [3.8, 4) is 10.9 Å². The van der Waals surface area contributed by atoms with Crippen LogP contribution in [0.2, 0.25) is 0 Å². The minimum absolute atomic E-state index is 0.548. The van der Waals surface area contributed by atoms with Crippen LogP contribution in [-0.2, 0) is 6.42 Å². The van der Waals surface area contributed by atoms with Crippen LogP contribution in [-0.4, -0.2) is 14.3 Å². The van der Waals surface area contributed by atoms with Crippen LogP contribution in [0.4, 0.5) is 0 Å². The maximum Gasteiger partial charge on any atom is 0.298 e. The van der Waals surface area contributed by atoms with Gasteiger partial charge in [-0.15, -0.1) is 0 Å². The van der Waals surface area contributed by atoms with Gasteiger partial charge in [0.15, 0.2) is 0 Å². The molecule has 0 aliphatic rings. The molecule has 0 aromatic carbocycles. The predicted molar refractivity (Wildman–Crippen MR) is 70.5 cm³/mol. The third-order valence-electron chi connectivity index (χ3n) is 1.95. The lowest BCUT2D eigenvalue weighted by molar-refractivity contribution is 0.473. The van der Waals surface area contributed by atoms with Crippen molar-refractivity contribution in [2.75, 3.05) is 0 Å². The number of pyridine rings is 1. The molecule has 6 heteroatoms. The first-order chi connectivity index (χ1) is 8.13. The van der Waals surface area contributed by atoms with E-state index >= 15 is 0 Å². The van der Waals surface area contributed by atoms with Gasteiger partial charge in [0.1, 0.15) is 16.2 Å². The van der Waals surface area contributed by atoms with E-state index in [2.05, 4.69) is 44.1 Å². The third-order valence-corrected chi connectivity index (χ3v) is 3.05. The zero-order valence-electron chi connectivity index (χ0n) is 9.55. The van der Waals surface area contributed by atoms with Gasteiger partial charge in [-0.1, -0.05) is 13.8 Å². The van der Waals surface area contributed by atoms with Crippen molar-refractivity contribution >= 4 is 27.5 Å². The van der Waals surface area contributed by atoms with E-state index in [9.17, 15) is 0 Å². The summed E-state index contributed by atoms with van der Waals surface area (Å²) in [5, 5.41) is 0.560. The largest absolute Gasteiger partial charge is 0.428 e. The molecular formula is C11H12BrN3OS. The second-order valence-corrected chi connectivity index (χ2v) is 5.52. The Morgan fingerprint density at radius 2 is 2.24 bits per heavy atom. The third kappa shape index (κ3) is 3.74. The molecule has 0 unspecified atom stereocenters. The zero-order chi connectivity index (χ0) is 12.3. The predicted octanol–water partition coefficient (Wildman–Crippen LogP) is 3.69. The van der Waals surface area contributed by atoms with E-state index in [-0.39, 0.29) is 0 Å². The summed E-state index contributed by atoms with van der Waals surface area (Å²) >= 11 is 4.54. The normalized spacial score (nSPS) is 10.8. The molecule has 2 heterocycles. The molecule has 0 aliphatic carbocycles. The van der Waals surface area contributed by atoms with Crippen LogP contribution in [0.25, 0.3) is 0 Å². The second kappa shape index (κ2) is 5.55. The Balaban J connectivity index is 2.03. The molecule has 0 spiro atoms. The van der Waals surface area contributed by atoms with E-state index in [0.29, 0.717) is 16.9 Å². The van der Waals surface area contributed by atoms with Gasteiger partial charge in [0.2, 0.25) is 0 Å². The smallest absolute Gasteiger partial charge is 0.298 e. The van der Waals surface area contributed by atoms with E-state index in [1.807, 2.05) is 12.1 Å². The maximum absolute atomic E-state index is 5.56. The zero-order valence-corrected chi connectivity index (χ0v) is 12.0. The molecule has 2 aromatic heterocycles. The van der Waals surface area contributed by atoms with Gasteiger partial charge in [-0.25, -0.2) is 4.98 Å². The molecule has 0 aliphatic heterocycles. The van der Waals surface area contributed by atoms with E-state index in [1.54, 1.807) is 6.20 Å². The van der Waals surface area contributed by atoms with Gasteiger partial charge in [-0.05, 0) is 34.0 Å². The highest BCUT2D eigenvalue weighted by molar-refractivity contribution is 9.10. The van der Waals surface area contributed by atoms with E-state index in [0.717, 1.165) is 16.8 Å². The fourth-order valence-corrected chi connectivity index (χ4v) is 2.06. The Morgan fingerprint density at radius 3 is 2.88 bits per heavy atom. The molecule has 0 amide bonds. The molecule has 0 bridgehead atoms.